The molecule has 41 heavy (non-hydrogen) atoms. The third-order valence-electron chi connectivity index (χ3n) is 7.90. The molecule has 1 aliphatic rings. The van der Waals surface area contributed by atoms with Gasteiger partial charge in [-0.25, -0.2) is 8.78 Å². The van der Waals surface area contributed by atoms with Crippen LogP contribution in [0.4, 0.5) is 8.78 Å². The highest BCUT2D eigenvalue weighted by Crippen LogP contribution is 2.46. The number of nitrogens with two attached hydrogens (primary N) is 1. The minimum atomic E-state index is -1.38. The van der Waals surface area contributed by atoms with Crippen LogP contribution in [0.3, 0.4) is 0 Å². The van der Waals surface area contributed by atoms with E-state index in [2.05, 4.69) is 24.4 Å². The number of hydrogen-bond acceptors (Lipinski definition) is 4. The molecule has 0 saturated carbocycles. The van der Waals surface area contributed by atoms with Crippen molar-refractivity contribution in [2.45, 2.75) is 72.6 Å². The van der Waals surface area contributed by atoms with E-state index in [4.69, 9.17) is 5.73 Å². The Hall–Kier alpha value is -3.36. The highest BCUT2D eigenvalue weighted by atomic mass is 19.1. The predicted molar refractivity (Wildman–Crippen MR) is 158 cm³/mol. The van der Waals surface area contributed by atoms with Gasteiger partial charge in [0.25, 0.3) is 0 Å². The number of allylic oxidation sites excluding steroid dienone is 2. The molecule has 0 heterocycles. The van der Waals surface area contributed by atoms with Gasteiger partial charge in [-0.2, -0.15) is 0 Å². The summed E-state index contributed by atoms with van der Waals surface area (Å²) >= 11 is 0. The zero-order valence-corrected chi connectivity index (χ0v) is 24.7. The van der Waals surface area contributed by atoms with E-state index < -0.39 is 35.0 Å². The number of benzene rings is 2. The van der Waals surface area contributed by atoms with Gasteiger partial charge < -0.3 is 21.1 Å². The molecule has 0 fully saturated rings. The molecule has 0 bridgehead atoms. The number of aliphatic hydroxyl groups excluding tert-OH is 1. The number of amides is 2. The van der Waals surface area contributed by atoms with Gasteiger partial charge in [-0.1, -0.05) is 48.9 Å². The summed E-state index contributed by atoms with van der Waals surface area (Å²) in [6.45, 7) is 10.5. The average Bonchev–Trinajstić information content (AvgIpc) is 2.90. The fourth-order valence-electron chi connectivity index (χ4n) is 5.95. The van der Waals surface area contributed by atoms with Gasteiger partial charge >= 0.3 is 0 Å². The predicted octanol–water partition coefficient (Wildman–Crippen LogP) is 4.84. The molecule has 0 radical (unpaired) electrons. The normalized spacial score (nSPS) is 18.5. The molecule has 0 saturated heterocycles. The van der Waals surface area contributed by atoms with Gasteiger partial charge in [0.15, 0.2) is 0 Å². The van der Waals surface area contributed by atoms with Crippen molar-refractivity contribution < 1.29 is 23.5 Å². The maximum atomic E-state index is 14.5. The molecule has 1 unspecified atom stereocenters. The molecule has 222 valence electrons. The van der Waals surface area contributed by atoms with E-state index in [1.807, 2.05) is 32.9 Å². The van der Waals surface area contributed by atoms with E-state index in [1.54, 1.807) is 24.0 Å². The second-order valence-corrected chi connectivity index (χ2v) is 11.3. The van der Waals surface area contributed by atoms with E-state index in [9.17, 15) is 23.5 Å². The van der Waals surface area contributed by atoms with Crippen LogP contribution in [0, 0.1) is 23.0 Å². The van der Waals surface area contributed by atoms with Crippen molar-refractivity contribution in [3.63, 3.8) is 0 Å². The highest BCUT2D eigenvalue weighted by Gasteiger charge is 2.50. The lowest BCUT2D eigenvalue weighted by Gasteiger charge is -2.45. The minimum absolute atomic E-state index is 0.0000575. The number of halogens is 2. The second kappa shape index (κ2) is 14.0. The number of nitrogens with one attached hydrogen (secondary N) is 1. The monoisotopic (exact) mass is 567 g/mol. The van der Waals surface area contributed by atoms with Crippen molar-refractivity contribution >= 4 is 11.8 Å². The molecular formula is C33H43F2N3O3. The van der Waals surface area contributed by atoms with Gasteiger partial charge in [0.2, 0.25) is 11.8 Å². The van der Waals surface area contributed by atoms with Gasteiger partial charge in [0.05, 0.1) is 11.5 Å². The molecule has 1 aliphatic carbocycles. The lowest BCUT2D eigenvalue weighted by Crippen LogP contribution is -2.55. The van der Waals surface area contributed by atoms with Crippen LogP contribution in [-0.4, -0.2) is 47.1 Å². The van der Waals surface area contributed by atoms with Crippen LogP contribution in [-0.2, 0) is 29.0 Å². The molecule has 4 N–H and O–H groups in total. The van der Waals surface area contributed by atoms with Crippen LogP contribution < -0.4 is 11.1 Å². The Morgan fingerprint density at radius 1 is 1.07 bits per heavy atom. The molecule has 2 amide bonds. The van der Waals surface area contributed by atoms with E-state index in [0.717, 1.165) is 18.1 Å². The number of aryl methyl sites for hydroxylation is 1. The van der Waals surface area contributed by atoms with Gasteiger partial charge in [-0.05, 0) is 75.8 Å². The SMILES string of the molecule is CCc1cccc(CNC[C@H](O)[C@@H](Cc2cc(F)cc(F)c2)C2(C(=O)N(CC)C(C)C)C=C(C)C=C(C(N)=O)C2)c1. The maximum absolute atomic E-state index is 14.5. The number of rotatable bonds is 13. The summed E-state index contributed by atoms with van der Waals surface area (Å²) in [4.78, 5) is 28.6. The number of carbonyl (C=O) groups excluding carboxylic acids is 2. The Kier molecular flexibility index (Phi) is 11.0. The maximum Gasteiger partial charge on any atom is 0.244 e. The Bertz CT molecular complexity index is 1290. The van der Waals surface area contributed by atoms with Crippen LogP contribution in [0.15, 0.2) is 65.8 Å². The van der Waals surface area contributed by atoms with E-state index in [1.165, 1.54) is 17.7 Å². The summed E-state index contributed by atoms with van der Waals surface area (Å²) in [5.74, 6) is -3.24. The third-order valence-corrected chi connectivity index (χ3v) is 7.90. The van der Waals surface area contributed by atoms with Crippen LogP contribution in [0.25, 0.3) is 0 Å². The Morgan fingerprint density at radius 3 is 2.32 bits per heavy atom. The first-order chi connectivity index (χ1) is 19.4. The van der Waals surface area contributed by atoms with Gasteiger partial charge in [0.1, 0.15) is 11.6 Å². The molecule has 3 atom stereocenters. The van der Waals surface area contributed by atoms with E-state index in [-0.39, 0.29) is 36.9 Å². The van der Waals surface area contributed by atoms with Crippen LogP contribution in [0.1, 0.15) is 57.7 Å². The van der Waals surface area contributed by atoms with Crippen molar-refractivity contribution in [2.75, 3.05) is 13.1 Å². The molecule has 2 aromatic carbocycles. The van der Waals surface area contributed by atoms with Gasteiger partial charge in [0, 0.05) is 43.2 Å². The quantitative estimate of drug-likeness (QED) is 0.323. The number of hydrogen-bond donors (Lipinski definition) is 3. The minimum Gasteiger partial charge on any atom is -0.391 e. The first-order valence-electron chi connectivity index (χ1n) is 14.3. The lowest BCUT2D eigenvalue weighted by atomic mass is 9.63. The summed E-state index contributed by atoms with van der Waals surface area (Å²) in [5, 5.41) is 15.1. The summed E-state index contributed by atoms with van der Waals surface area (Å²) in [5.41, 5.74) is 7.83. The molecule has 0 aromatic heterocycles. The van der Waals surface area contributed by atoms with Crippen LogP contribution in [0.5, 0.6) is 0 Å². The molecule has 6 nitrogen and oxygen atoms in total. The third kappa shape index (κ3) is 7.89. The fourth-order valence-corrected chi connectivity index (χ4v) is 5.95. The van der Waals surface area contributed by atoms with Crippen molar-refractivity contribution in [3.05, 3.63) is 94.1 Å². The topological polar surface area (TPSA) is 95.7 Å². The van der Waals surface area contributed by atoms with Crippen LogP contribution in [0.2, 0.25) is 0 Å². The summed E-state index contributed by atoms with van der Waals surface area (Å²) in [7, 11) is 0. The van der Waals surface area contributed by atoms with Crippen molar-refractivity contribution in [1.82, 2.24) is 10.2 Å². The fraction of sp³-hybridized carbons (Fsp3) is 0.455. The molecule has 0 aliphatic heterocycles. The average molecular weight is 568 g/mol. The first kappa shape index (κ1) is 32.2. The van der Waals surface area contributed by atoms with Crippen molar-refractivity contribution in [3.8, 4) is 0 Å². The number of primary amides is 1. The Morgan fingerprint density at radius 2 is 1.73 bits per heavy atom. The second-order valence-electron chi connectivity index (χ2n) is 11.3. The van der Waals surface area contributed by atoms with Crippen LogP contribution >= 0.6 is 0 Å². The molecule has 2 aromatic rings. The standard InChI is InChI=1S/C33H43F2N3O3/c1-6-23-9-8-10-24(12-23)19-37-20-30(39)29(15-25-13-27(34)16-28(35)14-25)33(32(41)38(7-2)21(3)4)17-22(5)11-26(18-33)31(36)40/h8-14,16-17,21,29-30,37,39H,6-7,15,18-20H2,1-5H3,(H2,36,40)/t29-,30+,33?/m1/s1. The summed E-state index contributed by atoms with van der Waals surface area (Å²) < 4.78 is 28.5. The van der Waals surface area contributed by atoms with Gasteiger partial charge in [-0.15, -0.1) is 0 Å². The smallest absolute Gasteiger partial charge is 0.244 e. The van der Waals surface area contributed by atoms with Crippen molar-refractivity contribution in [1.29, 1.82) is 0 Å². The largest absolute Gasteiger partial charge is 0.391 e. The van der Waals surface area contributed by atoms with E-state index >= 15 is 0 Å². The van der Waals surface area contributed by atoms with Crippen molar-refractivity contribution in [2.24, 2.45) is 17.1 Å². The Labute approximate surface area is 242 Å². The number of carbonyl (C=O) groups is 2. The molecule has 3 rings (SSSR count). The summed E-state index contributed by atoms with van der Waals surface area (Å²) in [6, 6.07) is 11.2. The molecule has 8 heteroatoms. The number of nitrogens with zero attached hydrogens (tertiary/aromatic N) is 1. The van der Waals surface area contributed by atoms with E-state index in [0.29, 0.717) is 24.2 Å². The molecule has 0 spiro atoms. The number of aliphatic hydroxyl groups is 1. The zero-order valence-electron chi connectivity index (χ0n) is 24.7. The first-order valence-corrected chi connectivity index (χ1v) is 14.3. The molecular weight excluding hydrogens is 524 g/mol. The lowest BCUT2D eigenvalue weighted by molar-refractivity contribution is -0.147. The summed E-state index contributed by atoms with van der Waals surface area (Å²) in [6.07, 6.45) is 3.21. The van der Waals surface area contributed by atoms with Gasteiger partial charge in [-0.3, -0.25) is 9.59 Å². The highest BCUT2D eigenvalue weighted by molar-refractivity contribution is 5.96. The zero-order chi connectivity index (χ0) is 30.3. The Balaban J connectivity index is 2.08.